The minimum atomic E-state index is -0.375. The van der Waals surface area contributed by atoms with Crippen molar-refractivity contribution >= 4 is 17.3 Å². The van der Waals surface area contributed by atoms with Crippen molar-refractivity contribution in [1.82, 2.24) is 0 Å². The predicted octanol–water partition coefficient (Wildman–Crippen LogP) is 4.18. The molecule has 0 unspecified atom stereocenters. The van der Waals surface area contributed by atoms with Gasteiger partial charge in [-0.2, -0.15) is 0 Å². The molecule has 0 saturated carbocycles. The Hall–Kier alpha value is -3.02. The molecule has 148 valence electrons. The van der Waals surface area contributed by atoms with E-state index in [1.165, 1.54) is 12.1 Å². The first-order valence-corrected chi connectivity index (χ1v) is 9.35. The molecule has 1 fully saturated rings. The van der Waals surface area contributed by atoms with Gasteiger partial charge in [-0.3, -0.25) is 4.79 Å². The number of halogens is 1. The van der Waals surface area contributed by atoms with Gasteiger partial charge in [-0.05, 0) is 55.2 Å². The van der Waals surface area contributed by atoms with Gasteiger partial charge in [0, 0.05) is 24.5 Å². The Morgan fingerprint density at radius 3 is 2.71 bits per heavy atom. The van der Waals surface area contributed by atoms with Gasteiger partial charge in [0.15, 0.2) is 18.1 Å². The Labute approximate surface area is 164 Å². The lowest BCUT2D eigenvalue weighted by Crippen LogP contribution is -2.21. The van der Waals surface area contributed by atoms with E-state index in [-0.39, 0.29) is 18.3 Å². The van der Waals surface area contributed by atoms with Gasteiger partial charge in [0.2, 0.25) is 0 Å². The average Bonchev–Trinajstić information content (AvgIpc) is 3.21. The largest absolute Gasteiger partial charge is 0.493 e. The number of carbonyl (C=O) groups excluding carboxylic acids is 1. The molecule has 6 heteroatoms. The van der Waals surface area contributed by atoms with Crippen LogP contribution in [-0.4, -0.2) is 32.7 Å². The molecule has 1 aliphatic rings. The number of nitrogens with one attached hydrogen (secondary N) is 1. The summed E-state index contributed by atoms with van der Waals surface area (Å²) in [6, 6.07) is 10.1. The summed E-state index contributed by atoms with van der Waals surface area (Å²) in [6.07, 6.45) is 4.72. The van der Waals surface area contributed by atoms with Crippen molar-refractivity contribution in [3.63, 3.8) is 0 Å². The van der Waals surface area contributed by atoms with E-state index in [9.17, 15) is 9.18 Å². The second-order valence-electron chi connectivity index (χ2n) is 6.71. The summed E-state index contributed by atoms with van der Waals surface area (Å²) in [5.74, 6) is 0.284. The van der Waals surface area contributed by atoms with E-state index in [1.807, 2.05) is 12.1 Å². The number of allylic oxidation sites excluding steroid dienone is 1. The minimum absolute atomic E-state index is 0.202. The SMILES string of the molecule is C=CCc1ccc(OCC(=O)Nc2cc(F)cc(N3CCCC3)c2)c(OC)c1. The van der Waals surface area contributed by atoms with Crippen LogP contribution in [0.5, 0.6) is 11.5 Å². The van der Waals surface area contributed by atoms with Gasteiger partial charge in [0.05, 0.1) is 7.11 Å². The minimum Gasteiger partial charge on any atom is -0.493 e. The molecule has 2 aromatic rings. The van der Waals surface area contributed by atoms with Crippen molar-refractivity contribution in [2.45, 2.75) is 19.3 Å². The lowest BCUT2D eigenvalue weighted by atomic mass is 10.1. The molecule has 3 rings (SSSR count). The molecule has 0 aromatic heterocycles. The van der Waals surface area contributed by atoms with Gasteiger partial charge >= 0.3 is 0 Å². The third-order valence-corrected chi connectivity index (χ3v) is 4.60. The van der Waals surface area contributed by atoms with Crippen LogP contribution in [0.2, 0.25) is 0 Å². The molecule has 0 radical (unpaired) electrons. The van der Waals surface area contributed by atoms with Crippen molar-refractivity contribution in [2.24, 2.45) is 0 Å². The van der Waals surface area contributed by atoms with Gasteiger partial charge in [-0.15, -0.1) is 6.58 Å². The molecule has 1 saturated heterocycles. The summed E-state index contributed by atoms with van der Waals surface area (Å²) in [4.78, 5) is 14.4. The number of amides is 1. The fourth-order valence-electron chi connectivity index (χ4n) is 3.27. The maximum atomic E-state index is 13.9. The van der Waals surface area contributed by atoms with Crippen molar-refractivity contribution in [3.8, 4) is 11.5 Å². The molecule has 28 heavy (non-hydrogen) atoms. The van der Waals surface area contributed by atoms with E-state index in [4.69, 9.17) is 9.47 Å². The van der Waals surface area contributed by atoms with Crippen molar-refractivity contribution < 1.29 is 18.7 Å². The van der Waals surface area contributed by atoms with E-state index >= 15 is 0 Å². The van der Waals surface area contributed by atoms with E-state index in [0.717, 1.165) is 43.6 Å². The second kappa shape index (κ2) is 9.26. The molecule has 0 aliphatic carbocycles. The summed E-state index contributed by atoms with van der Waals surface area (Å²) in [6.45, 7) is 5.32. The van der Waals surface area contributed by atoms with Crippen LogP contribution in [0.3, 0.4) is 0 Å². The zero-order valence-electron chi connectivity index (χ0n) is 16.0. The highest BCUT2D eigenvalue weighted by Crippen LogP contribution is 2.29. The molecule has 5 nitrogen and oxygen atoms in total. The zero-order valence-corrected chi connectivity index (χ0v) is 16.0. The molecule has 2 aromatic carbocycles. The third kappa shape index (κ3) is 5.03. The van der Waals surface area contributed by atoms with Crippen LogP contribution in [0.1, 0.15) is 18.4 Å². The number of nitrogens with zero attached hydrogens (tertiary/aromatic N) is 1. The van der Waals surface area contributed by atoms with Gasteiger partial charge in [0.25, 0.3) is 5.91 Å². The number of methoxy groups -OCH3 is 1. The number of carbonyl (C=O) groups is 1. The van der Waals surface area contributed by atoms with Crippen LogP contribution in [-0.2, 0) is 11.2 Å². The summed E-state index contributed by atoms with van der Waals surface area (Å²) in [5.41, 5.74) is 2.25. The average molecular weight is 384 g/mol. The Morgan fingerprint density at radius 2 is 2.00 bits per heavy atom. The summed E-state index contributed by atoms with van der Waals surface area (Å²) in [7, 11) is 1.55. The zero-order chi connectivity index (χ0) is 19.9. The van der Waals surface area contributed by atoms with Crippen LogP contribution >= 0.6 is 0 Å². The van der Waals surface area contributed by atoms with Gasteiger partial charge in [-0.25, -0.2) is 4.39 Å². The highest BCUT2D eigenvalue weighted by Gasteiger charge is 2.15. The monoisotopic (exact) mass is 384 g/mol. The normalized spacial score (nSPS) is 13.3. The van der Waals surface area contributed by atoms with Crippen LogP contribution < -0.4 is 19.7 Å². The molecule has 0 spiro atoms. The lowest BCUT2D eigenvalue weighted by Gasteiger charge is -2.19. The Morgan fingerprint density at radius 1 is 1.21 bits per heavy atom. The van der Waals surface area contributed by atoms with Gasteiger partial charge < -0.3 is 19.7 Å². The van der Waals surface area contributed by atoms with Gasteiger partial charge in [0.1, 0.15) is 5.82 Å². The molecular formula is C22H25FN2O3. The topological polar surface area (TPSA) is 50.8 Å². The standard InChI is InChI=1S/C22H25FN2O3/c1-3-6-16-7-8-20(21(11-16)27-2)28-15-22(26)24-18-12-17(23)13-19(14-18)25-9-4-5-10-25/h3,7-8,11-14H,1,4-6,9-10,15H2,2H3,(H,24,26). The quantitative estimate of drug-likeness (QED) is 0.694. The molecule has 1 amide bonds. The highest BCUT2D eigenvalue weighted by molar-refractivity contribution is 5.92. The second-order valence-corrected chi connectivity index (χ2v) is 6.71. The summed E-state index contributed by atoms with van der Waals surface area (Å²) < 4.78 is 24.9. The van der Waals surface area contributed by atoms with Crippen LogP contribution in [0.4, 0.5) is 15.8 Å². The van der Waals surface area contributed by atoms with E-state index in [2.05, 4.69) is 16.8 Å². The number of hydrogen-bond donors (Lipinski definition) is 1. The van der Waals surface area contributed by atoms with Crippen LogP contribution in [0.25, 0.3) is 0 Å². The molecule has 1 aliphatic heterocycles. The lowest BCUT2D eigenvalue weighted by molar-refractivity contribution is -0.118. The van der Waals surface area contributed by atoms with Crippen LogP contribution in [0.15, 0.2) is 49.1 Å². The number of benzene rings is 2. The fourth-order valence-corrected chi connectivity index (χ4v) is 3.27. The van der Waals surface area contributed by atoms with Crippen molar-refractivity contribution in [2.75, 3.05) is 37.0 Å². The van der Waals surface area contributed by atoms with Crippen molar-refractivity contribution in [1.29, 1.82) is 0 Å². The molecular weight excluding hydrogens is 359 g/mol. The molecule has 1 N–H and O–H groups in total. The smallest absolute Gasteiger partial charge is 0.262 e. The van der Waals surface area contributed by atoms with Gasteiger partial charge in [-0.1, -0.05) is 12.1 Å². The number of anilines is 2. The first kappa shape index (κ1) is 19.7. The Kier molecular flexibility index (Phi) is 6.53. The number of ether oxygens (including phenoxy) is 2. The van der Waals surface area contributed by atoms with E-state index < -0.39 is 0 Å². The summed E-state index contributed by atoms with van der Waals surface area (Å²) in [5, 5.41) is 2.70. The molecule has 0 atom stereocenters. The van der Waals surface area contributed by atoms with E-state index in [0.29, 0.717) is 17.2 Å². The Balaban J connectivity index is 1.62. The molecule has 0 bridgehead atoms. The number of rotatable bonds is 8. The maximum Gasteiger partial charge on any atom is 0.262 e. The van der Waals surface area contributed by atoms with E-state index in [1.54, 1.807) is 25.3 Å². The predicted molar refractivity (Wildman–Crippen MR) is 109 cm³/mol. The fraction of sp³-hybridized carbons (Fsp3) is 0.318. The summed E-state index contributed by atoms with van der Waals surface area (Å²) >= 11 is 0. The third-order valence-electron chi connectivity index (χ3n) is 4.60. The van der Waals surface area contributed by atoms with Crippen molar-refractivity contribution in [3.05, 3.63) is 60.4 Å². The first-order valence-electron chi connectivity index (χ1n) is 9.35. The highest BCUT2D eigenvalue weighted by atomic mass is 19.1. The Bertz CT molecular complexity index is 848. The molecule has 1 heterocycles. The maximum absolute atomic E-state index is 13.9. The first-order chi connectivity index (χ1) is 13.6. The van der Waals surface area contributed by atoms with Crippen LogP contribution in [0, 0.1) is 5.82 Å². The number of hydrogen-bond acceptors (Lipinski definition) is 4.